The van der Waals surface area contributed by atoms with Crippen molar-refractivity contribution < 1.29 is 2.74 Å². The Morgan fingerprint density at radius 1 is 0.370 bits per heavy atom. The Hall–Kier alpha value is -3.15. The summed E-state index contributed by atoms with van der Waals surface area (Å²) in [5.41, 5.74) is 17.3. The van der Waals surface area contributed by atoms with E-state index in [1.54, 1.807) is 0 Å². The Morgan fingerprint density at radius 3 is 1.20 bits per heavy atom. The highest BCUT2D eigenvalue weighted by molar-refractivity contribution is 9.11. The molecule has 0 amide bonds. The van der Waals surface area contributed by atoms with E-state index in [0.717, 1.165) is 50.6 Å². The quantitative estimate of drug-likeness (QED) is 0.106. The lowest BCUT2D eigenvalue weighted by molar-refractivity contribution is 1.63. The van der Waals surface area contributed by atoms with Gasteiger partial charge in [0, 0.05) is 17.9 Å². The van der Waals surface area contributed by atoms with Gasteiger partial charge in [-0.3, -0.25) is 0 Å². The minimum absolute atomic E-state index is 0.0627. The van der Waals surface area contributed by atoms with E-state index in [1.807, 2.05) is 0 Å². The Bertz CT molecular complexity index is 2740. The highest BCUT2D eigenvalue weighted by Crippen LogP contribution is 2.47. The average Bonchev–Trinajstić information content (AvgIpc) is 3.55. The molecule has 210 valence electrons. The summed E-state index contributed by atoms with van der Waals surface area (Å²) in [6, 6.07) is 32.3. The van der Waals surface area contributed by atoms with Crippen LogP contribution in [0.2, 0.25) is 0 Å². The molecule has 0 saturated heterocycles. The van der Waals surface area contributed by atoms with Crippen molar-refractivity contribution in [3.8, 4) is 44.5 Å². The molecule has 0 aliphatic carbocycles. The molecule has 12 rings (SSSR count). The number of rotatable bonds is 0. The molecule has 4 aliphatic rings. The van der Waals surface area contributed by atoms with E-state index < -0.39 is 0 Å². The van der Waals surface area contributed by atoms with Crippen molar-refractivity contribution in [2.75, 3.05) is 0 Å². The summed E-state index contributed by atoms with van der Waals surface area (Å²) in [6.45, 7) is 0.125. The molecule has 0 nitrogen and oxygen atoms in total. The summed E-state index contributed by atoms with van der Waals surface area (Å²) in [4.78, 5) is 0. The highest BCUT2D eigenvalue weighted by Gasteiger charge is 2.44. The van der Waals surface area contributed by atoms with E-state index in [2.05, 4.69) is 149 Å². The number of benzene rings is 8. The molecular formula is C40H16B2Br4. The molecule has 0 unspecified atom stereocenters. The predicted octanol–water partition coefficient (Wildman–Crippen LogP) is 8.59. The molecule has 4 aliphatic heterocycles. The number of fused-ring (bicyclic) bond motifs is 10. The smallest absolute Gasteiger partial charge is 0.0652 e. The van der Waals surface area contributed by atoms with Crippen LogP contribution >= 0.6 is 63.7 Å². The Morgan fingerprint density at radius 2 is 0.761 bits per heavy atom. The molecule has 4 heterocycles. The van der Waals surface area contributed by atoms with Crippen molar-refractivity contribution in [2.24, 2.45) is 0 Å². The van der Waals surface area contributed by atoms with Crippen LogP contribution in [0.25, 0.3) is 76.8 Å². The second-order valence-electron chi connectivity index (χ2n) is 13.1. The van der Waals surface area contributed by atoms with E-state index in [-0.39, 0.29) is 13.4 Å². The molecule has 0 aromatic heterocycles. The van der Waals surface area contributed by atoms with Gasteiger partial charge in [0.15, 0.2) is 0 Å². The van der Waals surface area contributed by atoms with Crippen molar-refractivity contribution in [1.82, 2.24) is 0 Å². The third-order valence-electron chi connectivity index (χ3n) is 11.1. The normalized spacial score (nSPS) is 14.6. The summed E-state index contributed by atoms with van der Waals surface area (Å²) < 4.78 is 23.4. The number of hydrogen-bond donors (Lipinski definition) is 0. The first-order valence-electron chi connectivity index (χ1n) is 16.3. The molecule has 0 fully saturated rings. The van der Waals surface area contributed by atoms with Gasteiger partial charge in [0.2, 0.25) is 13.4 Å². The van der Waals surface area contributed by atoms with Crippen LogP contribution < -0.4 is 32.8 Å². The van der Waals surface area contributed by atoms with Gasteiger partial charge in [-0.05, 0) is 125 Å². The van der Waals surface area contributed by atoms with Crippen molar-refractivity contribution in [3.05, 3.63) is 115 Å². The molecule has 0 spiro atoms. The molecule has 46 heavy (non-hydrogen) atoms. The van der Waals surface area contributed by atoms with E-state index >= 15 is 0 Å². The van der Waals surface area contributed by atoms with Gasteiger partial charge in [-0.15, -0.1) is 0 Å². The van der Waals surface area contributed by atoms with Crippen LogP contribution in [-0.2, 0) is 0 Å². The lowest BCUT2D eigenvalue weighted by atomic mass is 9.34. The topological polar surface area (TPSA) is 0 Å². The minimum Gasteiger partial charge on any atom is -0.0652 e. The third-order valence-corrected chi connectivity index (χ3v) is 13.0. The maximum Gasteiger partial charge on any atom is 0.244 e. The molecule has 8 aromatic rings. The van der Waals surface area contributed by atoms with Gasteiger partial charge in [-0.2, -0.15) is 0 Å². The fourth-order valence-corrected chi connectivity index (χ4v) is 11.2. The highest BCUT2D eigenvalue weighted by atomic mass is 79.9. The summed E-state index contributed by atoms with van der Waals surface area (Å²) in [6.07, 6.45) is 0. The molecule has 6 heteroatoms. The molecule has 8 aromatic carbocycles. The van der Waals surface area contributed by atoms with Crippen LogP contribution in [0, 0.1) is 0 Å². The molecule has 0 atom stereocenters. The standard InChI is InChI=1S/C40H16B2Br4/c43-19-3-7-31-26(12-19)30-16-22(46)14-28-24-6-2-18-10-34-37-23(5-1-17-9-33(41(31)40(28)30)38(24)36(18)35(17)37)27-13-21(45)15-29-25-11-20(44)4-8-32(25)42(34)39(27)29/h1-16H/i1D,2D. The number of hydrogen-bond acceptors (Lipinski definition) is 0. The largest absolute Gasteiger partial charge is 0.244 e. The van der Waals surface area contributed by atoms with E-state index in [4.69, 9.17) is 0 Å². The fourth-order valence-electron chi connectivity index (χ4n) is 9.54. The third kappa shape index (κ3) is 2.93. The second-order valence-corrected chi connectivity index (χ2v) is 16.8. The SMILES string of the molecule is [2H]c1cc2c3c(cc4c([2H])cc5c6c(cc1c3c46)B1c3ccc(Br)cc3-c3cc(Br)cc-5c31)B1c3ccc(Br)cc3-c3cc(Br)cc-2c31. The van der Waals surface area contributed by atoms with Crippen LogP contribution in [-0.4, -0.2) is 13.4 Å². The molecule has 0 radical (unpaired) electrons. The van der Waals surface area contributed by atoms with E-state index in [0.29, 0.717) is 12.1 Å². The zero-order valence-corrected chi connectivity index (χ0v) is 30.1. The van der Waals surface area contributed by atoms with Crippen LogP contribution in [0.1, 0.15) is 2.74 Å². The summed E-state index contributed by atoms with van der Waals surface area (Å²) in [5.74, 6) is 0. The monoisotopic (exact) mass is 836 g/mol. The molecular weight excluding hydrogens is 822 g/mol. The Kier molecular flexibility index (Phi) is 4.43. The zero-order valence-electron chi connectivity index (χ0n) is 25.7. The number of halogens is 4. The summed E-state index contributed by atoms with van der Waals surface area (Å²) in [7, 11) is 0. The maximum atomic E-state index is 9.62. The van der Waals surface area contributed by atoms with Gasteiger partial charge in [0.05, 0.1) is 2.74 Å². The van der Waals surface area contributed by atoms with Gasteiger partial charge in [0.25, 0.3) is 0 Å². The van der Waals surface area contributed by atoms with Crippen LogP contribution in [0.15, 0.2) is 115 Å². The lowest BCUT2D eigenvalue weighted by Crippen LogP contribution is -2.52. The molecule has 0 bridgehead atoms. The van der Waals surface area contributed by atoms with Crippen molar-refractivity contribution in [1.29, 1.82) is 0 Å². The average molecular weight is 840 g/mol. The molecule has 0 N–H and O–H groups in total. The predicted molar refractivity (Wildman–Crippen MR) is 212 cm³/mol. The van der Waals surface area contributed by atoms with Crippen molar-refractivity contribution in [2.45, 2.75) is 0 Å². The van der Waals surface area contributed by atoms with Crippen LogP contribution in [0.5, 0.6) is 0 Å². The summed E-state index contributed by atoms with van der Waals surface area (Å²) in [5, 5.41) is 6.66. The maximum absolute atomic E-state index is 9.62. The molecule has 0 saturated carbocycles. The van der Waals surface area contributed by atoms with Crippen molar-refractivity contribution in [3.63, 3.8) is 0 Å². The Balaban J connectivity index is 1.30. The van der Waals surface area contributed by atoms with Gasteiger partial charge >= 0.3 is 0 Å². The fraction of sp³-hybridized carbons (Fsp3) is 0. The van der Waals surface area contributed by atoms with Gasteiger partial charge in [0.1, 0.15) is 0 Å². The second kappa shape index (κ2) is 8.46. The van der Waals surface area contributed by atoms with Crippen molar-refractivity contribution >= 4 is 142 Å². The zero-order chi connectivity index (χ0) is 32.1. The first kappa shape index (κ1) is 24.1. The van der Waals surface area contributed by atoms with E-state index in [1.165, 1.54) is 76.9 Å². The summed E-state index contributed by atoms with van der Waals surface area (Å²) >= 11 is 15.2. The first-order chi connectivity index (χ1) is 23.3. The van der Waals surface area contributed by atoms with Gasteiger partial charge in [-0.25, -0.2) is 0 Å². The van der Waals surface area contributed by atoms with Crippen LogP contribution in [0.4, 0.5) is 0 Å². The van der Waals surface area contributed by atoms with Gasteiger partial charge < -0.3 is 0 Å². The first-order valence-corrected chi connectivity index (χ1v) is 18.5. The lowest BCUT2D eigenvalue weighted by Gasteiger charge is -2.31. The Labute approximate surface area is 302 Å². The minimum atomic E-state index is 0.0627. The van der Waals surface area contributed by atoms with Gasteiger partial charge in [-0.1, -0.05) is 145 Å². The van der Waals surface area contributed by atoms with E-state index in [9.17, 15) is 2.74 Å². The van der Waals surface area contributed by atoms with Crippen LogP contribution in [0.3, 0.4) is 0 Å².